The molecule has 26 heavy (non-hydrogen) atoms. The Labute approximate surface area is 159 Å². The summed E-state index contributed by atoms with van der Waals surface area (Å²) in [4.78, 5) is 26.3. The molecule has 0 bridgehead atoms. The number of carbonyl (C=O) groups excluding carboxylic acids is 2. The molecule has 0 atom stereocenters. The number of aliphatic hydroxyl groups is 2. The number of hydrogen-bond donors (Lipinski definition) is 3. The highest BCUT2D eigenvalue weighted by atomic mass is 79.9. The molecule has 0 unspecified atom stereocenters. The lowest BCUT2D eigenvalue weighted by Gasteiger charge is -2.22. The second kappa shape index (κ2) is 9.91. The highest BCUT2D eigenvalue weighted by Crippen LogP contribution is 2.14. The molecule has 1 aromatic carbocycles. The van der Waals surface area contributed by atoms with Crippen molar-refractivity contribution in [2.45, 2.75) is 0 Å². The maximum absolute atomic E-state index is 12.8. The maximum atomic E-state index is 12.8. The number of furan rings is 1. The van der Waals surface area contributed by atoms with Crippen molar-refractivity contribution in [1.82, 2.24) is 10.2 Å². The van der Waals surface area contributed by atoms with Crippen molar-refractivity contribution in [1.29, 1.82) is 0 Å². The zero-order chi connectivity index (χ0) is 18.9. The Morgan fingerprint density at radius 2 is 1.77 bits per heavy atom. The summed E-state index contributed by atoms with van der Waals surface area (Å²) in [7, 11) is 0. The van der Waals surface area contributed by atoms with E-state index in [2.05, 4.69) is 21.2 Å². The number of nitrogens with one attached hydrogen (secondary N) is 1. The second-order valence-corrected chi connectivity index (χ2v) is 6.20. The van der Waals surface area contributed by atoms with Crippen LogP contribution in [0.25, 0.3) is 6.08 Å². The van der Waals surface area contributed by atoms with Gasteiger partial charge < -0.3 is 24.8 Å². The molecular weight excluding hydrogens is 404 g/mol. The first-order chi connectivity index (χ1) is 12.5. The minimum Gasteiger partial charge on any atom is -0.459 e. The van der Waals surface area contributed by atoms with Gasteiger partial charge in [0.25, 0.3) is 11.8 Å². The molecule has 0 fully saturated rings. The van der Waals surface area contributed by atoms with Gasteiger partial charge in [-0.15, -0.1) is 0 Å². The molecule has 2 aromatic rings. The van der Waals surface area contributed by atoms with Gasteiger partial charge >= 0.3 is 0 Å². The summed E-state index contributed by atoms with van der Waals surface area (Å²) in [5, 5.41) is 20.8. The van der Waals surface area contributed by atoms with E-state index in [-0.39, 0.29) is 37.8 Å². The lowest BCUT2D eigenvalue weighted by Crippen LogP contribution is -2.41. The number of halogens is 1. The topological polar surface area (TPSA) is 103 Å². The lowest BCUT2D eigenvalue weighted by molar-refractivity contribution is -0.128. The van der Waals surface area contributed by atoms with Crippen molar-refractivity contribution >= 4 is 33.8 Å². The normalized spacial score (nSPS) is 11.3. The van der Waals surface area contributed by atoms with Crippen molar-refractivity contribution in [2.24, 2.45) is 0 Å². The van der Waals surface area contributed by atoms with Crippen LogP contribution in [0.15, 0.2) is 57.2 Å². The Kier molecular flexibility index (Phi) is 7.58. The third-order valence-corrected chi connectivity index (χ3v) is 3.96. The Morgan fingerprint density at radius 1 is 1.12 bits per heavy atom. The maximum Gasteiger partial charge on any atom is 0.291 e. The van der Waals surface area contributed by atoms with Crippen LogP contribution in [0.5, 0.6) is 0 Å². The van der Waals surface area contributed by atoms with E-state index in [1.165, 1.54) is 23.3 Å². The number of benzene rings is 1. The van der Waals surface area contributed by atoms with E-state index >= 15 is 0 Å². The molecule has 3 N–H and O–H groups in total. The number of rotatable bonds is 8. The number of amides is 2. The number of aliphatic hydroxyl groups excluding tert-OH is 2. The summed E-state index contributed by atoms with van der Waals surface area (Å²) < 4.78 is 5.93. The molecule has 2 rings (SSSR count). The highest BCUT2D eigenvalue weighted by molar-refractivity contribution is 9.10. The molecular formula is C18H19BrN2O5. The summed E-state index contributed by atoms with van der Waals surface area (Å²) in [5.74, 6) is -1.02. The molecule has 0 spiro atoms. The molecule has 0 aliphatic carbocycles. The van der Waals surface area contributed by atoms with Crippen LogP contribution in [0, 0.1) is 0 Å². The van der Waals surface area contributed by atoms with E-state index in [1.807, 2.05) is 12.1 Å². The third kappa shape index (κ3) is 5.55. The third-order valence-electron chi connectivity index (χ3n) is 3.43. The van der Waals surface area contributed by atoms with Gasteiger partial charge in [-0.25, -0.2) is 0 Å². The van der Waals surface area contributed by atoms with Gasteiger partial charge in [-0.2, -0.15) is 0 Å². The van der Waals surface area contributed by atoms with E-state index in [1.54, 1.807) is 18.2 Å². The molecule has 0 radical (unpaired) electrons. The van der Waals surface area contributed by atoms with E-state index in [0.717, 1.165) is 4.47 Å². The van der Waals surface area contributed by atoms with Gasteiger partial charge in [0.15, 0.2) is 5.76 Å². The predicted octanol–water partition coefficient (Wildman–Crippen LogP) is 1.63. The van der Waals surface area contributed by atoms with Crippen LogP contribution in [0.2, 0.25) is 0 Å². The Hall–Kier alpha value is -2.42. The van der Waals surface area contributed by atoms with Crippen LogP contribution in [0.3, 0.4) is 0 Å². The molecule has 0 aliphatic rings. The van der Waals surface area contributed by atoms with E-state index in [0.29, 0.717) is 5.56 Å². The van der Waals surface area contributed by atoms with Gasteiger partial charge in [0.2, 0.25) is 0 Å². The van der Waals surface area contributed by atoms with E-state index < -0.39 is 11.8 Å². The van der Waals surface area contributed by atoms with E-state index in [9.17, 15) is 9.59 Å². The molecule has 0 saturated carbocycles. The first-order valence-electron chi connectivity index (χ1n) is 7.88. The SMILES string of the molecule is O=C(N/C(=C/c1ccc(Br)cc1)C(=O)N(CCO)CCO)c1ccco1. The first-order valence-corrected chi connectivity index (χ1v) is 8.67. The lowest BCUT2D eigenvalue weighted by atomic mass is 10.1. The predicted molar refractivity (Wildman–Crippen MR) is 99.0 cm³/mol. The minimum atomic E-state index is -0.570. The highest BCUT2D eigenvalue weighted by Gasteiger charge is 2.21. The van der Waals surface area contributed by atoms with Crippen molar-refractivity contribution in [2.75, 3.05) is 26.3 Å². The first kappa shape index (κ1) is 19.9. The largest absolute Gasteiger partial charge is 0.459 e. The van der Waals surface area contributed by atoms with E-state index in [4.69, 9.17) is 14.6 Å². The van der Waals surface area contributed by atoms with Gasteiger partial charge in [0, 0.05) is 17.6 Å². The van der Waals surface area contributed by atoms with Crippen LogP contribution < -0.4 is 5.32 Å². The van der Waals surface area contributed by atoms with Gasteiger partial charge in [-0.1, -0.05) is 28.1 Å². The summed E-state index contributed by atoms with van der Waals surface area (Å²) in [5.41, 5.74) is 0.708. The van der Waals surface area contributed by atoms with Crippen molar-refractivity contribution in [3.63, 3.8) is 0 Å². The number of nitrogens with zero attached hydrogens (tertiary/aromatic N) is 1. The average Bonchev–Trinajstić information content (AvgIpc) is 3.17. The van der Waals surface area contributed by atoms with Gasteiger partial charge in [0.1, 0.15) is 5.70 Å². The quantitative estimate of drug-likeness (QED) is 0.560. The average molecular weight is 423 g/mol. The van der Waals surface area contributed by atoms with Crippen molar-refractivity contribution in [3.05, 3.63) is 64.2 Å². The Balaban J connectivity index is 2.31. The van der Waals surface area contributed by atoms with Crippen LogP contribution in [-0.2, 0) is 4.79 Å². The number of carbonyl (C=O) groups is 2. The van der Waals surface area contributed by atoms with Crippen LogP contribution in [-0.4, -0.2) is 53.2 Å². The summed E-state index contributed by atoms with van der Waals surface area (Å²) in [6.45, 7) is -0.450. The van der Waals surface area contributed by atoms with Crippen LogP contribution in [0.4, 0.5) is 0 Å². The zero-order valence-corrected chi connectivity index (χ0v) is 15.5. The minimum absolute atomic E-state index is 0.00984. The summed E-state index contributed by atoms with van der Waals surface area (Å²) >= 11 is 3.34. The van der Waals surface area contributed by atoms with Gasteiger partial charge in [0.05, 0.1) is 19.5 Å². The fourth-order valence-electron chi connectivity index (χ4n) is 2.20. The molecule has 0 aliphatic heterocycles. The second-order valence-electron chi connectivity index (χ2n) is 5.28. The summed E-state index contributed by atoms with van der Waals surface area (Å²) in [6.07, 6.45) is 2.88. The molecule has 1 heterocycles. The van der Waals surface area contributed by atoms with Crippen molar-refractivity contribution < 1.29 is 24.2 Å². The van der Waals surface area contributed by atoms with Gasteiger partial charge in [-0.3, -0.25) is 9.59 Å². The Morgan fingerprint density at radius 3 is 2.31 bits per heavy atom. The molecule has 8 heteroatoms. The standard InChI is InChI=1S/C18H19BrN2O5/c19-14-5-3-13(4-6-14)12-15(18(25)21(7-9-22)8-10-23)20-17(24)16-2-1-11-26-16/h1-6,11-12,22-23H,7-10H2,(H,20,24)/b15-12+. The Bertz CT molecular complexity index is 750. The van der Waals surface area contributed by atoms with Crippen LogP contribution in [0.1, 0.15) is 16.1 Å². The summed E-state index contributed by atoms with van der Waals surface area (Å²) in [6, 6.07) is 10.2. The fraction of sp³-hybridized carbons (Fsp3) is 0.222. The monoisotopic (exact) mass is 422 g/mol. The number of hydrogen-bond acceptors (Lipinski definition) is 5. The van der Waals surface area contributed by atoms with Crippen molar-refractivity contribution in [3.8, 4) is 0 Å². The molecule has 2 amide bonds. The van der Waals surface area contributed by atoms with Gasteiger partial charge in [-0.05, 0) is 35.9 Å². The van der Waals surface area contributed by atoms with Crippen LogP contribution >= 0.6 is 15.9 Å². The molecule has 7 nitrogen and oxygen atoms in total. The molecule has 1 aromatic heterocycles. The zero-order valence-electron chi connectivity index (χ0n) is 13.9. The molecule has 0 saturated heterocycles. The fourth-order valence-corrected chi connectivity index (χ4v) is 2.46. The smallest absolute Gasteiger partial charge is 0.291 e. The molecule has 138 valence electrons.